The molecule has 2 aliphatic rings. The lowest BCUT2D eigenvalue weighted by Gasteiger charge is -2.53. The van der Waals surface area contributed by atoms with Crippen molar-refractivity contribution in [3.8, 4) is 0 Å². The van der Waals surface area contributed by atoms with Crippen molar-refractivity contribution in [2.75, 3.05) is 13.2 Å². The number of aliphatic hydroxyl groups excluding tert-OH is 1. The maximum absolute atomic E-state index is 12.9. The minimum absolute atomic E-state index is 0.179. The summed E-state index contributed by atoms with van der Waals surface area (Å²) < 4.78 is 60.5. The summed E-state index contributed by atoms with van der Waals surface area (Å²) in [5.74, 6) is -0.247. The molecule has 10 unspecified atom stereocenters. The van der Waals surface area contributed by atoms with E-state index in [9.17, 15) is 9.90 Å². The van der Waals surface area contributed by atoms with E-state index >= 15 is 0 Å². The molecule has 296 valence electrons. The van der Waals surface area contributed by atoms with Crippen LogP contribution in [0.25, 0.3) is 0 Å². The maximum Gasteiger partial charge on any atom is 0.217 e. The Morgan fingerprint density at radius 1 is 0.540 bits per heavy atom. The molecule has 18 heteroatoms. The van der Waals surface area contributed by atoms with Gasteiger partial charge in [0.05, 0.1) is 19.3 Å². The molecule has 2 heterocycles. The average molecular weight is 816 g/mol. The zero-order chi connectivity index (χ0) is 38.8. The van der Waals surface area contributed by atoms with Crippen molar-refractivity contribution >= 4 is 55.8 Å². The van der Waals surface area contributed by atoms with E-state index in [2.05, 4.69) is 123 Å². The molecule has 2 rings (SSSR count). The summed E-state index contributed by atoms with van der Waals surface area (Å²) in [4.78, 5) is 12.9. The number of hydrogen-bond acceptors (Lipinski definition) is 11. The average Bonchev–Trinajstić information content (AvgIpc) is 2.84. The lowest BCUT2D eigenvalue weighted by Crippen LogP contribution is -2.71. The molecular formula is C32H73NO11Si6. The van der Waals surface area contributed by atoms with Crippen LogP contribution in [0.4, 0.5) is 0 Å². The van der Waals surface area contributed by atoms with Crippen molar-refractivity contribution in [3.63, 3.8) is 0 Å². The van der Waals surface area contributed by atoms with E-state index in [-0.39, 0.29) is 19.1 Å². The fourth-order valence-electron chi connectivity index (χ4n) is 5.73. The number of aliphatic hydroxyl groups is 1. The van der Waals surface area contributed by atoms with Gasteiger partial charge in [-0.25, -0.2) is 0 Å². The van der Waals surface area contributed by atoms with Gasteiger partial charge in [-0.15, -0.1) is 0 Å². The van der Waals surface area contributed by atoms with E-state index < -0.39 is 111 Å². The Bertz CT molecular complexity index is 1080. The smallest absolute Gasteiger partial charge is 0.217 e. The van der Waals surface area contributed by atoms with Crippen LogP contribution in [0, 0.1) is 0 Å². The van der Waals surface area contributed by atoms with Gasteiger partial charge in [-0.1, -0.05) is 0 Å². The number of carbonyl (C=O) groups excluding carboxylic acids is 1. The molecule has 0 radical (unpaired) electrons. The van der Waals surface area contributed by atoms with Crippen molar-refractivity contribution in [1.82, 2.24) is 5.32 Å². The Labute approximate surface area is 310 Å². The highest BCUT2D eigenvalue weighted by Gasteiger charge is 2.56. The summed E-state index contributed by atoms with van der Waals surface area (Å²) in [7, 11) is -12.9. The fourth-order valence-corrected chi connectivity index (χ4v) is 11.4. The molecule has 2 saturated heterocycles. The molecule has 0 aromatic heterocycles. The van der Waals surface area contributed by atoms with E-state index in [1.807, 2.05) is 0 Å². The van der Waals surface area contributed by atoms with Crippen LogP contribution in [0.15, 0.2) is 0 Å². The third kappa shape index (κ3) is 16.8. The summed E-state index contributed by atoms with van der Waals surface area (Å²) in [5, 5.41) is 14.6. The fraction of sp³-hybridized carbons (Fsp3) is 0.969. The van der Waals surface area contributed by atoms with Crippen LogP contribution in [0.2, 0.25) is 118 Å². The normalized spacial score (nSPS) is 32.2. The predicted octanol–water partition coefficient (Wildman–Crippen LogP) is 5.90. The third-order valence-corrected chi connectivity index (χ3v) is 13.2. The molecule has 2 aliphatic heterocycles. The largest absolute Gasteiger partial charge is 0.415 e. The Hall–Kier alpha value is 0.371. The van der Waals surface area contributed by atoms with E-state index in [1.165, 1.54) is 6.92 Å². The predicted molar refractivity (Wildman–Crippen MR) is 213 cm³/mol. The number of carbonyl (C=O) groups is 1. The summed E-state index contributed by atoms with van der Waals surface area (Å²) in [6.07, 6.45) is -6.96. The van der Waals surface area contributed by atoms with Gasteiger partial charge >= 0.3 is 0 Å². The molecule has 0 saturated carbocycles. The van der Waals surface area contributed by atoms with Gasteiger partial charge in [-0.3, -0.25) is 4.79 Å². The standard InChI is InChI=1S/C32H73NO11Si6/c1-22(34)33-25-28(42-48(11,12)13)27(41-47(8,9)10)24(21-37-46(5,6)7)39-32(25)40-26-23(20-36-45(2,3)4)38-31(35)30(44-50(17,18)19)29(26)43-49(14,15)16/h23-32,35H,20-21H2,1-19H3,(H,33,34). The molecule has 0 spiro atoms. The molecule has 10 atom stereocenters. The van der Waals surface area contributed by atoms with Gasteiger partial charge in [0, 0.05) is 6.92 Å². The van der Waals surface area contributed by atoms with Gasteiger partial charge in [-0.05, 0) is 118 Å². The van der Waals surface area contributed by atoms with Crippen molar-refractivity contribution in [2.45, 2.75) is 186 Å². The lowest BCUT2D eigenvalue weighted by atomic mass is 9.95. The van der Waals surface area contributed by atoms with Crippen LogP contribution < -0.4 is 5.32 Å². The highest BCUT2D eigenvalue weighted by Crippen LogP contribution is 2.37. The Morgan fingerprint density at radius 3 is 1.32 bits per heavy atom. The van der Waals surface area contributed by atoms with Gasteiger partial charge in [0.15, 0.2) is 62.5 Å². The van der Waals surface area contributed by atoms with Crippen LogP contribution >= 0.6 is 0 Å². The summed E-state index contributed by atoms with van der Waals surface area (Å²) >= 11 is 0. The Kier molecular flexibility index (Phi) is 16.2. The number of rotatable bonds is 17. The molecule has 0 aromatic carbocycles. The molecular weight excluding hydrogens is 743 g/mol. The minimum Gasteiger partial charge on any atom is -0.415 e. The lowest BCUT2D eigenvalue weighted by molar-refractivity contribution is -0.334. The third-order valence-electron chi connectivity index (χ3n) is 7.24. The SMILES string of the molecule is CC(=O)NC1C(OC2C(CO[Si](C)(C)C)OC(O)C(O[Si](C)(C)C)C2O[Si](C)(C)C)OC(CO[Si](C)(C)C)C(O[Si](C)(C)C)C1O[Si](C)(C)C. The van der Waals surface area contributed by atoms with Crippen molar-refractivity contribution in [1.29, 1.82) is 0 Å². The first-order chi connectivity index (χ1) is 22.2. The number of amides is 1. The zero-order valence-electron chi connectivity index (χ0n) is 34.7. The van der Waals surface area contributed by atoms with Crippen molar-refractivity contribution in [2.24, 2.45) is 0 Å². The highest BCUT2D eigenvalue weighted by molar-refractivity contribution is 6.71. The number of hydrogen-bond donors (Lipinski definition) is 2. The molecule has 50 heavy (non-hydrogen) atoms. The number of nitrogens with one attached hydrogen (secondary N) is 1. The minimum atomic E-state index is -2.27. The van der Waals surface area contributed by atoms with Crippen LogP contribution in [0.3, 0.4) is 0 Å². The molecule has 2 fully saturated rings. The van der Waals surface area contributed by atoms with E-state index in [0.29, 0.717) is 0 Å². The van der Waals surface area contributed by atoms with E-state index in [1.54, 1.807) is 0 Å². The topological polar surface area (TPSA) is 132 Å². The van der Waals surface area contributed by atoms with Crippen LogP contribution in [0.5, 0.6) is 0 Å². The van der Waals surface area contributed by atoms with Gasteiger partial charge in [0.1, 0.15) is 42.7 Å². The first-order valence-corrected chi connectivity index (χ1v) is 38.6. The number of ether oxygens (including phenoxy) is 3. The van der Waals surface area contributed by atoms with Gasteiger partial charge < -0.3 is 51.2 Å². The van der Waals surface area contributed by atoms with Gasteiger partial charge in [-0.2, -0.15) is 0 Å². The second kappa shape index (κ2) is 17.4. The van der Waals surface area contributed by atoms with Crippen LogP contribution in [0.1, 0.15) is 6.92 Å². The molecule has 0 aromatic rings. The molecule has 0 aliphatic carbocycles. The summed E-state index contributed by atoms with van der Waals surface area (Å²) in [6.45, 7) is 39.9. The first-order valence-electron chi connectivity index (χ1n) is 18.1. The monoisotopic (exact) mass is 815 g/mol. The maximum atomic E-state index is 12.9. The van der Waals surface area contributed by atoms with Gasteiger partial charge in [0.25, 0.3) is 0 Å². The highest BCUT2D eigenvalue weighted by atomic mass is 28.4. The quantitative estimate of drug-likeness (QED) is 0.170. The van der Waals surface area contributed by atoms with Crippen molar-refractivity contribution in [3.05, 3.63) is 0 Å². The van der Waals surface area contributed by atoms with Crippen LogP contribution in [-0.2, 0) is 45.6 Å². The Morgan fingerprint density at radius 2 is 0.920 bits per heavy atom. The Balaban J connectivity index is 2.79. The van der Waals surface area contributed by atoms with E-state index in [0.717, 1.165) is 0 Å². The molecule has 12 nitrogen and oxygen atoms in total. The summed E-state index contributed by atoms with van der Waals surface area (Å²) in [5.41, 5.74) is 0. The van der Waals surface area contributed by atoms with Crippen molar-refractivity contribution < 1.29 is 50.7 Å². The zero-order valence-corrected chi connectivity index (χ0v) is 40.7. The van der Waals surface area contributed by atoms with Crippen LogP contribution in [-0.4, -0.2) is 135 Å². The second-order valence-electron chi connectivity index (χ2n) is 19.6. The first kappa shape index (κ1) is 46.5. The summed E-state index contributed by atoms with van der Waals surface area (Å²) in [6, 6.07) is -0.738. The molecule has 0 bridgehead atoms. The molecule has 1 amide bonds. The van der Waals surface area contributed by atoms with Gasteiger partial charge in [0.2, 0.25) is 5.91 Å². The van der Waals surface area contributed by atoms with E-state index in [4.69, 9.17) is 40.8 Å². The molecule has 2 N–H and O–H groups in total. The second-order valence-corrected chi connectivity index (χ2v) is 46.4.